The smallest absolute Gasteiger partial charge is 0.168 e. The zero-order chi connectivity index (χ0) is 13.5. The normalized spacial score (nSPS) is 10.2. The van der Waals surface area contributed by atoms with Crippen molar-refractivity contribution in [3.05, 3.63) is 23.3 Å². The van der Waals surface area contributed by atoms with Gasteiger partial charge in [-0.1, -0.05) is 0 Å². The van der Waals surface area contributed by atoms with Crippen LogP contribution in [0.1, 0.15) is 22.3 Å². The number of nitrogens with two attached hydrogens (primary N) is 1. The third kappa shape index (κ3) is 3.21. The zero-order valence-corrected chi connectivity index (χ0v) is 11.0. The molecule has 0 saturated carbocycles. The van der Waals surface area contributed by atoms with E-state index in [4.69, 9.17) is 19.9 Å². The van der Waals surface area contributed by atoms with Gasteiger partial charge in [-0.25, -0.2) is 0 Å². The molecule has 0 amide bonds. The van der Waals surface area contributed by atoms with Crippen molar-refractivity contribution >= 4 is 5.78 Å². The summed E-state index contributed by atoms with van der Waals surface area (Å²) in [7, 11) is 4.65. The van der Waals surface area contributed by atoms with Gasteiger partial charge in [-0.2, -0.15) is 0 Å². The number of hydrogen-bond donors (Lipinski definition) is 1. The highest BCUT2D eigenvalue weighted by Crippen LogP contribution is 2.30. The van der Waals surface area contributed by atoms with Crippen LogP contribution >= 0.6 is 0 Å². The highest BCUT2D eigenvalue weighted by atomic mass is 16.5. The molecule has 0 aliphatic rings. The molecule has 0 fully saturated rings. The molecule has 0 saturated heterocycles. The topological polar surface area (TPSA) is 70.8 Å². The first-order valence-electron chi connectivity index (χ1n) is 5.65. The van der Waals surface area contributed by atoms with E-state index in [1.807, 2.05) is 0 Å². The summed E-state index contributed by atoms with van der Waals surface area (Å²) in [5.74, 6) is 1.06. The number of ketones is 1. The van der Waals surface area contributed by atoms with Crippen LogP contribution in [-0.2, 0) is 11.3 Å². The second kappa shape index (κ2) is 6.98. The van der Waals surface area contributed by atoms with E-state index in [2.05, 4.69) is 0 Å². The number of hydrogen-bond acceptors (Lipinski definition) is 5. The maximum atomic E-state index is 12.1. The summed E-state index contributed by atoms with van der Waals surface area (Å²) >= 11 is 0. The fourth-order valence-corrected chi connectivity index (χ4v) is 1.77. The van der Waals surface area contributed by atoms with Crippen LogP contribution in [0.25, 0.3) is 0 Å². The van der Waals surface area contributed by atoms with Crippen molar-refractivity contribution in [2.24, 2.45) is 5.73 Å². The molecule has 0 aliphatic carbocycles. The lowest BCUT2D eigenvalue weighted by Crippen LogP contribution is -2.12. The minimum atomic E-state index is -0.0518. The average molecular weight is 253 g/mol. The zero-order valence-electron chi connectivity index (χ0n) is 11.0. The van der Waals surface area contributed by atoms with Crippen LogP contribution in [0, 0.1) is 0 Å². The Bertz CT molecular complexity index is 418. The van der Waals surface area contributed by atoms with Crippen LogP contribution in [0.15, 0.2) is 12.1 Å². The largest absolute Gasteiger partial charge is 0.497 e. The predicted molar refractivity (Wildman–Crippen MR) is 68.3 cm³/mol. The Morgan fingerprint density at radius 1 is 1.22 bits per heavy atom. The maximum Gasteiger partial charge on any atom is 0.168 e. The molecule has 0 heterocycles. The molecule has 0 spiro atoms. The third-order valence-electron chi connectivity index (χ3n) is 2.56. The summed E-state index contributed by atoms with van der Waals surface area (Å²) in [5.41, 5.74) is 6.68. The summed E-state index contributed by atoms with van der Waals surface area (Å²) < 4.78 is 15.5. The third-order valence-corrected chi connectivity index (χ3v) is 2.56. The standard InChI is InChI=1S/C13H19NO4/c1-16-8-9-6-10(17-2)7-12(18-3)13(9)11(15)4-5-14/h6-7H,4-5,8,14H2,1-3H3. The minimum absolute atomic E-state index is 0.0518. The Kier molecular flexibility index (Phi) is 5.61. The molecule has 100 valence electrons. The highest BCUT2D eigenvalue weighted by molar-refractivity contribution is 6.00. The van der Waals surface area contributed by atoms with E-state index in [9.17, 15) is 4.79 Å². The van der Waals surface area contributed by atoms with Gasteiger partial charge in [0.15, 0.2) is 5.78 Å². The summed E-state index contributed by atoms with van der Waals surface area (Å²) in [6.45, 7) is 0.625. The number of carbonyl (C=O) groups is 1. The quantitative estimate of drug-likeness (QED) is 0.743. The lowest BCUT2D eigenvalue weighted by Gasteiger charge is -2.14. The lowest BCUT2D eigenvalue weighted by atomic mass is 10.00. The molecule has 0 atom stereocenters. The molecule has 0 aromatic heterocycles. The van der Waals surface area contributed by atoms with Crippen molar-refractivity contribution in [3.8, 4) is 11.5 Å². The summed E-state index contributed by atoms with van der Waals surface area (Å²) in [4.78, 5) is 12.1. The second-order valence-electron chi connectivity index (χ2n) is 3.76. The van der Waals surface area contributed by atoms with Crippen LogP contribution in [-0.4, -0.2) is 33.7 Å². The van der Waals surface area contributed by atoms with Crippen molar-refractivity contribution in [1.82, 2.24) is 0 Å². The van der Waals surface area contributed by atoms with Gasteiger partial charge in [-0.05, 0) is 18.2 Å². The van der Waals surface area contributed by atoms with Gasteiger partial charge in [0.2, 0.25) is 0 Å². The van der Waals surface area contributed by atoms with Gasteiger partial charge in [-0.15, -0.1) is 0 Å². The number of ether oxygens (including phenoxy) is 3. The Morgan fingerprint density at radius 3 is 2.44 bits per heavy atom. The van der Waals surface area contributed by atoms with Crippen molar-refractivity contribution in [1.29, 1.82) is 0 Å². The maximum absolute atomic E-state index is 12.1. The molecule has 18 heavy (non-hydrogen) atoms. The van der Waals surface area contributed by atoms with Gasteiger partial charge in [0.25, 0.3) is 0 Å². The van der Waals surface area contributed by atoms with Crippen LogP contribution < -0.4 is 15.2 Å². The van der Waals surface area contributed by atoms with E-state index in [0.717, 1.165) is 5.56 Å². The first-order chi connectivity index (χ1) is 8.67. The molecule has 1 rings (SSSR count). The molecule has 5 nitrogen and oxygen atoms in total. The monoisotopic (exact) mass is 253 g/mol. The van der Waals surface area contributed by atoms with Crippen molar-refractivity contribution < 1.29 is 19.0 Å². The Balaban J connectivity index is 3.29. The fraction of sp³-hybridized carbons (Fsp3) is 0.462. The minimum Gasteiger partial charge on any atom is -0.497 e. The summed E-state index contributed by atoms with van der Waals surface area (Å²) in [6.07, 6.45) is 0.277. The van der Waals surface area contributed by atoms with E-state index in [1.54, 1.807) is 26.4 Å². The first-order valence-corrected chi connectivity index (χ1v) is 5.65. The number of methoxy groups -OCH3 is 3. The molecular formula is C13H19NO4. The van der Waals surface area contributed by atoms with Crippen LogP contribution in [0.4, 0.5) is 0 Å². The highest BCUT2D eigenvalue weighted by Gasteiger charge is 2.18. The predicted octanol–water partition coefficient (Wildman–Crippen LogP) is 1.38. The van der Waals surface area contributed by atoms with Crippen molar-refractivity contribution in [3.63, 3.8) is 0 Å². The Hall–Kier alpha value is -1.59. The first kappa shape index (κ1) is 14.5. The van der Waals surface area contributed by atoms with E-state index in [0.29, 0.717) is 30.2 Å². The van der Waals surface area contributed by atoms with Crippen molar-refractivity contribution in [2.75, 3.05) is 27.9 Å². The van der Waals surface area contributed by atoms with Gasteiger partial charge < -0.3 is 19.9 Å². The number of Topliss-reactive ketones (excluding diaryl/α,β-unsaturated/α-hetero) is 1. The van der Waals surface area contributed by atoms with E-state index in [1.165, 1.54) is 7.11 Å². The van der Waals surface area contributed by atoms with E-state index < -0.39 is 0 Å². The second-order valence-corrected chi connectivity index (χ2v) is 3.76. The average Bonchev–Trinajstić information content (AvgIpc) is 2.38. The van der Waals surface area contributed by atoms with Crippen molar-refractivity contribution in [2.45, 2.75) is 13.0 Å². The fourth-order valence-electron chi connectivity index (χ4n) is 1.77. The van der Waals surface area contributed by atoms with E-state index in [-0.39, 0.29) is 12.2 Å². The Labute approximate surface area is 107 Å². The number of carbonyl (C=O) groups excluding carboxylic acids is 1. The van der Waals surface area contributed by atoms with Gasteiger partial charge >= 0.3 is 0 Å². The molecule has 0 bridgehead atoms. The van der Waals surface area contributed by atoms with E-state index >= 15 is 0 Å². The number of rotatable bonds is 7. The lowest BCUT2D eigenvalue weighted by molar-refractivity contribution is 0.0977. The molecule has 2 N–H and O–H groups in total. The molecule has 1 aromatic rings. The van der Waals surface area contributed by atoms with Crippen LogP contribution in [0.5, 0.6) is 11.5 Å². The van der Waals surface area contributed by atoms with Gasteiger partial charge in [0, 0.05) is 19.6 Å². The summed E-state index contributed by atoms with van der Waals surface area (Å²) in [6, 6.07) is 3.46. The summed E-state index contributed by atoms with van der Waals surface area (Å²) in [5, 5.41) is 0. The van der Waals surface area contributed by atoms with Crippen LogP contribution in [0.3, 0.4) is 0 Å². The molecule has 0 radical (unpaired) electrons. The van der Waals surface area contributed by atoms with Crippen LogP contribution in [0.2, 0.25) is 0 Å². The molecule has 1 aromatic carbocycles. The van der Waals surface area contributed by atoms with Gasteiger partial charge in [0.1, 0.15) is 11.5 Å². The number of benzene rings is 1. The molecule has 0 aliphatic heterocycles. The van der Waals surface area contributed by atoms with Gasteiger partial charge in [-0.3, -0.25) is 4.79 Å². The van der Waals surface area contributed by atoms with Gasteiger partial charge in [0.05, 0.1) is 26.4 Å². The SMILES string of the molecule is COCc1cc(OC)cc(OC)c1C(=O)CCN. The molecule has 0 unspecified atom stereocenters. The molecule has 5 heteroatoms. The molecular weight excluding hydrogens is 234 g/mol. The Morgan fingerprint density at radius 2 is 1.94 bits per heavy atom.